The Morgan fingerprint density at radius 3 is 2.24 bits per heavy atom. The minimum Gasteiger partial charge on any atom is -0.478 e. The van der Waals surface area contributed by atoms with Crippen LogP contribution in [0.3, 0.4) is 0 Å². The number of aromatic carboxylic acids is 1. The number of carbonyl (C=O) groups excluding carboxylic acids is 1. The zero-order chi connectivity index (χ0) is 30.1. The third kappa shape index (κ3) is 6.63. The number of anilines is 1. The van der Waals surface area contributed by atoms with Gasteiger partial charge < -0.3 is 15.3 Å². The van der Waals surface area contributed by atoms with Crippen LogP contribution in [0.25, 0.3) is 0 Å². The number of nitrogens with zero attached hydrogens (tertiary/aromatic N) is 3. The summed E-state index contributed by atoms with van der Waals surface area (Å²) in [5.41, 5.74) is -2.38. The molecule has 1 aromatic heterocycles. The summed E-state index contributed by atoms with van der Waals surface area (Å²) in [6.07, 6.45) is -9.64. The largest absolute Gasteiger partial charge is 0.478 e. The van der Waals surface area contributed by atoms with Gasteiger partial charge in [-0.3, -0.25) is 9.18 Å². The summed E-state index contributed by atoms with van der Waals surface area (Å²) in [4.78, 5) is 25.7. The van der Waals surface area contributed by atoms with Crippen molar-refractivity contribution in [3.05, 3.63) is 81.5 Å². The van der Waals surface area contributed by atoms with E-state index in [0.717, 1.165) is 16.8 Å². The van der Waals surface area contributed by atoms with Gasteiger partial charge in [-0.2, -0.15) is 31.4 Å². The first-order chi connectivity index (χ1) is 19.2. The normalized spacial score (nSPS) is 14.2. The van der Waals surface area contributed by atoms with Gasteiger partial charge in [-0.1, -0.05) is 18.2 Å². The fourth-order valence-electron chi connectivity index (χ4n) is 4.73. The van der Waals surface area contributed by atoms with Gasteiger partial charge in [0, 0.05) is 13.1 Å². The molecule has 0 fully saturated rings. The number of aromatic nitrogens is 2. The van der Waals surface area contributed by atoms with Gasteiger partial charge in [-0.15, -0.1) is 0 Å². The van der Waals surface area contributed by atoms with Crippen molar-refractivity contribution in [2.75, 3.05) is 18.1 Å². The molecule has 2 N–H and O–H groups in total. The Labute approximate surface area is 229 Å². The number of aryl methyl sites for hydroxylation is 1. The second-order valence-corrected chi connectivity index (χ2v) is 9.64. The average molecular weight is 587 g/mol. The number of carboxylic acid groups (broad SMARTS) is 1. The molecule has 1 atom stereocenters. The molecule has 2 heterocycles. The molecule has 0 radical (unpaired) electrons. The Morgan fingerprint density at radius 1 is 1.00 bits per heavy atom. The van der Waals surface area contributed by atoms with E-state index in [1.54, 1.807) is 0 Å². The molecule has 1 unspecified atom stereocenters. The van der Waals surface area contributed by atoms with Crippen molar-refractivity contribution in [3.8, 4) is 0 Å². The fourth-order valence-corrected chi connectivity index (χ4v) is 4.73. The number of benzene rings is 2. The van der Waals surface area contributed by atoms with Crippen LogP contribution in [0.4, 0.5) is 36.6 Å². The first kappa shape index (κ1) is 29.9. The number of amides is 1. The first-order valence-electron chi connectivity index (χ1n) is 12.5. The maximum Gasteiger partial charge on any atom is 0.436 e. The molecular formula is C27H25F7N4O3. The van der Waals surface area contributed by atoms with Gasteiger partial charge in [0.25, 0.3) is 5.91 Å². The molecule has 0 bridgehead atoms. The highest BCUT2D eigenvalue weighted by atomic mass is 19.4. The summed E-state index contributed by atoms with van der Waals surface area (Å²) in [6.45, 7) is 0.582. The monoisotopic (exact) mass is 586 g/mol. The molecule has 2 aromatic carbocycles. The van der Waals surface area contributed by atoms with Crippen molar-refractivity contribution >= 4 is 17.7 Å². The van der Waals surface area contributed by atoms with Crippen LogP contribution in [0, 0.1) is 0 Å². The molecule has 1 amide bonds. The van der Waals surface area contributed by atoms with E-state index in [1.807, 2.05) is 0 Å². The van der Waals surface area contributed by atoms with Crippen molar-refractivity contribution < 1.29 is 45.4 Å². The Morgan fingerprint density at radius 2 is 1.66 bits per heavy atom. The molecule has 7 nitrogen and oxygen atoms in total. The third-order valence-corrected chi connectivity index (χ3v) is 6.66. The van der Waals surface area contributed by atoms with E-state index in [0.29, 0.717) is 5.56 Å². The second-order valence-electron chi connectivity index (χ2n) is 9.64. The van der Waals surface area contributed by atoms with Crippen LogP contribution in [-0.2, 0) is 31.9 Å². The van der Waals surface area contributed by atoms with Crippen molar-refractivity contribution in [1.29, 1.82) is 0 Å². The highest BCUT2D eigenvalue weighted by Gasteiger charge is 2.44. The number of carbonyl (C=O) groups is 2. The fraction of sp³-hybridized carbons (Fsp3) is 0.370. The van der Waals surface area contributed by atoms with Crippen molar-refractivity contribution in [2.45, 2.75) is 51.2 Å². The van der Waals surface area contributed by atoms with Gasteiger partial charge >= 0.3 is 18.3 Å². The van der Waals surface area contributed by atoms with Crippen LogP contribution >= 0.6 is 0 Å². The lowest BCUT2D eigenvalue weighted by molar-refractivity contribution is -0.142. The molecule has 220 valence electrons. The van der Waals surface area contributed by atoms with E-state index in [9.17, 15) is 40.3 Å². The number of hydrogen-bond acceptors (Lipinski definition) is 4. The van der Waals surface area contributed by atoms with E-state index < -0.39 is 53.8 Å². The van der Waals surface area contributed by atoms with E-state index in [2.05, 4.69) is 10.4 Å². The molecule has 14 heteroatoms. The van der Waals surface area contributed by atoms with Crippen LogP contribution in [0.2, 0.25) is 0 Å². The predicted molar refractivity (Wildman–Crippen MR) is 133 cm³/mol. The van der Waals surface area contributed by atoms with Crippen molar-refractivity contribution in [2.24, 2.45) is 0 Å². The smallest absolute Gasteiger partial charge is 0.436 e. The van der Waals surface area contributed by atoms with Gasteiger partial charge in [-0.05, 0) is 60.7 Å². The molecule has 0 aliphatic carbocycles. The highest BCUT2D eigenvalue weighted by molar-refractivity contribution is 6.01. The van der Waals surface area contributed by atoms with Crippen molar-refractivity contribution in [1.82, 2.24) is 15.1 Å². The topological polar surface area (TPSA) is 87.5 Å². The molecule has 41 heavy (non-hydrogen) atoms. The lowest BCUT2D eigenvalue weighted by Crippen LogP contribution is -2.31. The predicted octanol–water partition coefficient (Wildman–Crippen LogP) is 6.03. The summed E-state index contributed by atoms with van der Waals surface area (Å²) in [7, 11) is 0. The SMILES string of the molecule is CC(NC(=O)c1c(C(F)(F)F)nn2c1N(Cc1cc(CCCF)cc(C(F)(F)F)c1)CC2)c1ccc(C(=O)O)cc1. The van der Waals surface area contributed by atoms with Crippen LogP contribution in [0.1, 0.15) is 68.1 Å². The van der Waals surface area contributed by atoms with E-state index in [1.165, 1.54) is 42.2 Å². The average Bonchev–Trinajstić information content (AvgIpc) is 3.47. The molecule has 4 rings (SSSR count). The zero-order valence-electron chi connectivity index (χ0n) is 21.6. The van der Waals surface area contributed by atoms with E-state index in [-0.39, 0.29) is 55.0 Å². The van der Waals surface area contributed by atoms with Crippen LogP contribution in [-0.4, -0.2) is 40.0 Å². The molecule has 0 saturated carbocycles. The molecule has 1 aliphatic rings. The summed E-state index contributed by atoms with van der Waals surface area (Å²) >= 11 is 0. The Balaban J connectivity index is 1.67. The van der Waals surface area contributed by atoms with Gasteiger partial charge in [0.15, 0.2) is 5.69 Å². The lowest BCUT2D eigenvalue weighted by atomic mass is 10.0. The molecular weight excluding hydrogens is 561 g/mol. The standard InChI is InChI=1S/C27H25F7N4O3/c1-15(18-4-6-19(7-5-18)25(40)41)35-23(39)21-22(27(32,33)34)36-38-10-9-37(24(21)38)14-17-11-16(3-2-8-28)12-20(13-17)26(29,30)31/h4-7,11-13,15H,2-3,8-10,14H2,1H3,(H,35,39)(H,40,41). The second kappa shape index (κ2) is 11.4. The minimum absolute atomic E-state index is 0.00765. The summed E-state index contributed by atoms with van der Waals surface area (Å²) in [6, 6.07) is 7.83. The van der Waals surface area contributed by atoms with Gasteiger partial charge in [0.2, 0.25) is 0 Å². The summed E-state index contributed by atoms with van der Waals surface area (Å²) in [5, 5.41) is 15.1. The number of hydrogen-bond donors (Lipinski definition) is 2. The number of fused-ring (bicyclic) bond motifs is 1. The molecule has 1 aliphatic heterocycles. The minimum atomic E-state index is -5.00. The maximum absolute atomic E-state index is 14.0. The quantitative estimate of drug-likeness (QED) is 0.299. The van der Waals surface area contributed by atoms with Gasteiger partial charge in [0.1, 0.15) is 11.4 Å². The summed E-state index contributed by atoms with van der Waals surface area (Å²) < 4.78 is 96.2. The number of rotatable bonds is 9. The number of alkyl halides is 7. The molecule has 0 spiro atoms. The number of halogens is 7. The molecule has 3 aromatic rings. The summed E-state index contributed by atoms with van der Waals surface area (Å²) in [5.74, 6) is -2.46. The number of carboxylic acids is 1. The van der Waals surface area contributed by atoms with Crippen LogP contribution in [0.5, 0.6) is 0 Å². The van der Waals surface area contributed by atoms with Gasteiger partial charge in [0.05, 0.1) is 30.4 Å². The third-order valence-electron chi connectivity index (χ3n) is 6.66. The first-order valence-corrected chi connectivity index (χ1v) is 12.5. The van der Waals surface area contributed by atoms with Crippen LogP contribution in [0.15, 0.2) is 42.5 Å². The zero-order valence-corrected chi connectivity index (χ0v) is 21.6. The Bertz CT molecular complexity index is 1430. The maximum atomic E-state index is 14.0. The Hall–Kier alpha value is -4.10. The lowest BCUT2D eigenvalue weighted by Gasteiger charge is -2.22. The van der Waals surface area contributed by atoms with E-state index in [4.69, 9.17) is 5.11 Å². The van der Waals surface area contributed by atoms with Crippen LogP contribution < -0.4 is 10.2 Å². The van der Waals surface area contributed by atoms with Crippen molar-refractivity contribution in [3.63, 3.8) is 0 Å². The Kier molecular flexibility index (Phi) is 8.31. The van der Waals surface area contributed by atoms with Gasteiger partial charge in [-0.25, -0.2) is 9.48 Å². The highest BCUT2D eigenvalue weighted by Crippen LogP contribution is 2.39. The molecule has 0 saturated heterocycles. The van der Waals surface area contributed by atoms with E-state index >= 15 is 0 Å². The number of nitrogens with one attached hydrogen (secondary N) is 1.